The molecule has 0 fully saturated rings. The summed E-state index contributed by atoms with van der Waals surface area (Å²) in [6.45, 7) is 7.24. The molecule has 0 heterocycles. The lowest BCUT2D eigenvalue weighted by molar-refractivity contribution is -0.141. The van der Waals surface area contributed by atoms with E-state index in [1.807, 2.05) is 44.2 Å². The van der Waals surface area contributed by atoms with Gasteiger partial charge in [0.15, 0.2) is 0 Å². The molecule has 2 rings (SSSR count). The van der Waals surface area contributed by atoms with Crippen LogP contribution in [0.4, 0.5) is 0 Å². The van der Waals surface area contributed by atoms with Gasteiger partial charge in [0.1, 0.15) is 6.04 Å². The monoisotopic (exact) mass is 440 g/mol. The first-order chi connectivity index (χ1) is 15.0. The van der Waals surface area contributed by atoms with E-state index in [9.17, 15) is 9.59 Å². The molecule has 0 bridgehead atoms. The van der Waals surface area contributed by atoms with Gasteiger partial charge in [-0.15, -0.1) is 0 Å². The molecular formula is C26H36N2O2S. The number of carbonyl (C=O) groups excluding carboxylic acids is 2. The van der Waals surface area contributed by atoms with E-state index in [-0.39, 0.29) is 11.8 Å². The van der Waals surface area contributed by atoms with Crippen molar-refractivity contribution in [2.45, 2.75) is 64.8 Å². The number of nitrogens with zero attached hydrogens (tertiary/aromatic N) is 1. The van der Waals surface area contributed by atoms with Gasteiger partial charge in [0.25, 0.3) is 0 Å². The van der Waals surface area contributed by atoms with Crippen LogP contribution in [0.25, 0.3) is 0 Å². The van der Waals surface area contributed by atoms with Crippen molar-refractivity contribution in [2.24, 2.45) is 0 Å². The Morgan fingerprint density at radius 1 is 1.00 bits per heavy atom. The molecule has 5 heteroatoms. The van der Waals surface area contributed by atoms with Crippen LogP contribution in [-0.4, -0.2) is 35.1 Å². The van der Waals surface area contributed by atoms with Crippen LogP contribution >= 0.6 is 11.8 Å². The van der Waals surface area contributed by atoms with Crippen molar-refractivity contribution in [2.75, 3.05) is 12.3 Å². The highest BCUT2D eigenvalue weighted by Crippen LogP contribution is 2.17. The Balaban J connectivity index is 2.02. The van der Waals surface area contributed by atoms with Crippen LogP contribution in [0.2, 0.25) is 0 Å². The summed E-state index contributed by atoms with van der Waals surface area (Å²) in [5, 5.41) is 3.02. The largest absolute Gasteiger partial charge is 0.354 e. The van der Waals surface area contributed by atoms with Crippen LogP contribution in [0.1, 0.15) is 56.2 Å². The lowest BCUT2D eigenvalue weighted by Crippen LogP contribution is -2.49. The highest BCUT2D eigenvalue weighted by Gasteiger charge is 2.28. The maximum absolute atomic E-state index is 13.2. The van der Waals surface area contributed by atoms with E-state index in [0.29, 0.717) is 25.9 Å². The molecule has 0 aliphatic heterocycles. The molecule has 2 aromatic carbocycles. The van der Waals surface area contributed by atoms with E-state index in [2.05, 4.69) is 36.5 Å². The van der Waals surface area contributed by atoms with Gasteiger partial charge in [-0.2, -0.15) is 11.8 Å². The number of hydrogen-bond acceptors (Lipinski definition) is 3. The molecule has 0 radical (unpaired) electrons. The van der Waals surface area contributed by atoms with E-state index < -0.39 is 6.04 Å². The second-order valence-corrected chi connectivity index (χ2v) is 8.97. The summed E-state index contributed by atoms with van der Waals surface area (Å²) in [6, 6.07) is 18.0. The third-order valence-corrected chi connectivity index (χ3v) is 6.29. The van der Waals surface area contributed by atoms with Gasteiger partial charge in [-0.05, 0) is 30.9 Å². The SMILES string of the molecule is CCCCNC(=O)[C@@H](CC)N(Cc1ccc(C)cc1)C(=O)CCSCc1ccccc1. The van der Waals surface area contributed by atoms with Gasteiger partial charge in [0.05, 0.1) is 0 Å². The first-order valence-electron chi connectivity index (χ1n) is 11.3. The van der Waals surface area contributed by atoms with Crippen LogP contribution < -0.4 is 5.32 Å². The van der Waals surface area contributed by atoms with Crippen molar-refractivity contribution in [3.63, 3.8) is 0 Å². The Hall–Kier alpha value is -2.27. The van der Waals surface area contributed by atoms with E-state index in [1.54, 1.807) is 16.7 Å². The normalized spacial score (nSPS) is 11.7. The summed E-state index contributed by atoms with van der Waals surface area (Å²) < 4.78 is 0. The topological polar surface area (TPSA) is 49.4 Å². The summed E-state index contributed by atoms with van der Waals surface area (Å²) in [5.41, 5.74) is 3.50. The molecule has 4 nitrogen and oxygen atoms in total. The van der Waals surface area contributed by atoms with Crippen molar-refractivity contribution in [1.82, 2.24) is 10.2 Å². The zero-order valence-corrected chi connectivity index (χ0v) is 19.9. The van der Waals surface area contributed by atoms with E-state index in [1.165, 1.54) is 11.1 Å². The highest BCUT2D eigenvalue weighted by atomic mass is 32.2. The number of hydrogen-bond donors (Lipinski definition) is 1. The summed E-state index contributed by atoms with van der Waals surface area (Å²) >= 11 is 1.76. The quantitative estimate of drug-likeness (QED) is 0.428. The summed E-state index contributed by atoms with van der Waals surface area (Å²) in [4.78, 5) is 27.8. The lowest BCUT2D eigenvalue weighted by atomic mass is 10.1. The molecule has 0 aliphatic rings. The lowest BCUT2D eigenvalue weighted by Gasteiger charge is -2.30. The summed E-state index contributed by atoms with van der Waals surface area (Å²) in [7, 11) is 0. The first kappa shape index (κ1) is 25.0. The number of thioether (sulfide) groups is 1. The Bertz CT molecular complexity index is 793. The van der Waals surface area contributed by atoms with Crippen LogP contribution in [0.15, 0.2) is 54.6 Å². The number of rotatable bonds is 13. The van der Waals surface area contributed by atoms with Crippen LogP contribution in [-0.2, 0) is 21.9 Å². The van der Waals surface area contributed by atoms with E-state index >= 15 is 0 Å². The van der Waals surface area contributed by atoms with Gasteiger partial charge in [-0.1, -0.05) is 80.4 Å². The van der Waals surface area contributed by atoms with Gasteiger partial charge in [-0.25, -0.2) is 0 Å². The average Bonchev–Trinajstić information content (AvgIpc) is 2.78. The van der Waals surface area contributed by atoms with E-state index in [0.717, 1.165) is 29.9 Å². The average molecular weight is 441 g/mol. The molecule has 1 atom stereocenters. The van der Waals surface area contributed by atoms with Crippen LogP contribution in [0, 0.1) is 6.92 Å². The number of unbranched alkanes of at least 4 members (excludes halogenated alkanes) is 1. The third kappa shape index (κ3) is 8.78. The van der Waals surface area contributed by atoms with Crippen LogP contribution in [0.5, 0.6) is 0 Å². The predicted octanol–water partition coefficient (Wildman–Crippen LogP) is 5.34. The highest BCUT2D eigenvalue weighted by molar-refractivity contribution is 7.98. The molecule has 31 heavy (non-hydrogen) atoms. The smallest absolute Gasteiger partial charge is 0.242 e. The molecule has 0 aliphatic carbocycles. The molecule has 0 spiro atoms. The Kier molecular flexibility index (Phi) is 11.2. The third-order valence-electron chi connectivity index (χ3n) is 5.26. The second-order valence-electron chi connectivity index (χ2n) is 7.86. The summed E-state index contributed by atoms with van der Waals surface area (Å²) in [6.07, 6.45) is 3.01. The number of nitrogens with one attached hydrogen (secondary N) is 1. The van der Waals surface area contributed by atoms with Gasteiger partial charge in [0, 0.05) is 31.0 Å². The molecule has 1 N–H and O–H groups in total. The fourth-order valence-corrected chi connectivity index (χ4v) is 4.27. The fraction of sp³-hybridized carbons (Fsp3) is 0.462. The zero-order chi connectivity index (χ0) is 22.5. The summed E-state index contributed by atoms with van der Waals surface area (Å²) in [5.74, 6) is 1.62. The number of aryl methyl sites for hydroxylation is 1. The van der Waals surface area contributed by atoms with Crippen LogP contribution in [0.3, 0.4) is 0 Å². The predicted molar refractivity (Wildman–Crippen MR) is 131 cm³/mol. The Labute approximate surface area is 191 Å². The van der Waals surface area contributed by atoms with Crippen molar-refractivity contribution in [3.8, 4) is 0 Å². The van der Waals surface area contributed by atoms with Crippen molar-refractivity contribution >= 4 is 23.6 Å². The van der Waals surface area contributed by atoms with Crippen molar-refractivity contribution < 1.29 is 9.59 Å². The molecular weight excluding hydrogens is 404 g/mol. The molecule has 0 saturated carbocycles. The van der Waals surface area contributed by atoms with Crippen molar-refractivity contribution in [3.05, 3.63) is 71.3 Å². The molecule has 0 saturated heterocycles. The standard InChI is InChI=1S/C26H36N2O2S/c1-4-6-17-27-26(30)24(5-2)28(19-22-14-12-21(3)13-15-22)25(29)16-18-31-20-23-10-8-7-9-11-23/h7-15,24H,4-6,16-20H2,1-3H3,(H,27,30)/t24-/m1/s1. The van der Waals surface area contributed by atoms with Gasteiger partial charge in [-0.3, -0.25) is 9.59 Å². The van der Waals surface area contributed by atoms with Gasteiger partial charge < -0.3 is 10.2 Å². The Morgan fingerprint density at radius 3 is 2.35 bits per heavy atom. The van der Waals surface area contributed by atoms with E-state index in [4.69, 9.17) is 0 Å². The van der Waals surface area contributed by atoms with Crippen molar-refractivity contribution in [1.29, 1.82) is 0 Å². The maximum atomic E-state index is 13.2. The second kappa shape index (κ2) is 13.9. The molecule has 2 amide bonds. The van der Waals surface area contributed by atoms with Gasteiger partial charge in [0.2, 0.25) is 11.8 Å². The number of carbonyl (C=O) groups is 2. The number of benzene rings is 2. The molecule has 0 aromatic heterocycles. The minimum Gasteiger partial charge on any atom is -0.354 e. The minimum atomic E-state index is -0.440. The molecule has 168 valence electrons. The fourth-order valence-electron chi connectivity index (χ4n) is 3.38. The zero-order valence-electron chi connectivity index (χ0n) is 19.1. The molecule has 2 aromatic rings. The first-order valence-corrected chi connectivity index (χ1v) is 12.4. The maximum Gasteiger partial charge on any atom is 0.242 e. The minimum absolute atomic E-state index is 0.0404. The number of amides is 2. The Morgan fingerprint density at radius 2 is 1.71 bits per heavy atom. The molecule has 0 unspecified atom stereocenters. The van der Waals surface area contributed by atoms with Gasteiger partial charge >= 0.3 is 0 Å².